The van der Waals surface area contributed by atoms with Crippen LogP contribution in [0.3, 0.4) is 0 Å². The Kier molecular flexibility index (Phi) is 4.25. The molecule has 2 aliphatic rings. The van der Waals surface area contributed by atoms with Crippen molar-refractivity contribution in [2.75, 3.05) is 26.7 Å². The number of halogens is 1. The minimum absolute atomic E-state index is 0.840. The molecular weight excluding hydrogens is 300 g/mol. The number of fused-ring (bicyclic) bond motifs is 1. The summed E-state index contributed by atoms with van der Waals surface area (Å²) < 4.78 is 1.19. The van der Waals surface area contributed by atoms with E-state index in [9.17, 15) is 0 Å². The van der Waals surface area contributed by atoms with Crippen LogP contribution < -0.4 is 0 Å². The van der Waals surface area contributed by atoms with Gasteiger partial charge in [0.2, 0.25) is 0 Å². The Bertz CT molecular complexity index is 435. The summed E-state index contributed by atoms with van der Waals surface area (Å²) in [4.78, 5) is 5.23. The number of benzene rings is 1. The van der Waals surface area contributed by atoms with Gasteiger partial charge in [-0.25, -0.2) is 0 Å². The molecule has 2 aliphatic heterocycles. The molecule has 104 valence electrons. The van der Waals surface area contributed by atoms with Crippen LogP contribution in [0.1, 0.15) is 24.8 Å². The van der Waals surface area contributed by atoms with Gasteiger partial charge in [0.15, 0.2) is 0 Å². The molecule has 1 aromatic rings. The molecule has 0 aromatic heterocycles. The Hall–Kier alpha value is -0.380. The van der Waals surface area contributed by atoms with Crippen molar-refractivity contribution < 1.29 is 0 Å². The molecule has 2 fully saturated rings. The van der Waals surface area contributed by atoms with Crippen LogP contribution >= 0.6 is 15.9 Å². The van der Waals surface area contributed by atoms with E-state index in [4.69, 9.17) is 0 Å². The van der Waals surface area contributed by atoms with E-state index in [-0.39, 0.29) is 0 Å². The van der Waals surface area contributed by atoms with Gasteiger partial charge in [-0.1, -0.05) is 28.1 Å². The predicted octanol–water partition coefficient (Wildman–Crippen LogP) is 3.37. The first-order valence-corrected chi connectivity index (χ1v) is 8.19. The molecule has 2 heterocycles. The van der Waals surface area contributed by atoms with Gasteiger partial charge in [-0.15, -0.1) is 0 Å². The lowest BCUT2D eigenvalue weighted by atomic mass is 9.84. The Morgan fingerprint density at radius 3 is 3.00 bits per heavy atom. The number of hydrogen-bond donors (Lipinski definition) is 0. The summed E-state index contributed by atoms with van der Waals surface area (Å²) in [7, 11) is 2.31. The highest BCUT2D eigenvalue weighted by Crippen LogP contribution is 2.30. The maximum Gasteiger partial charge on any atom is 0.0234 e. The third kappa shape index (κ3) is 3.21. The molecule has 0 N–H and O–H groups in total. The van der Waals surface area contributed by atoms with Crippen LogP contribution in [-0.4, -0.2) is 42.5 Å². The highest BCUT2D eigenvalue weighted by molar-refractivity contribution is 9.10. The van der Waals surface area contributed by atoms with Crippen molar-refractivity contribution in [3.63, 3.8) is 0 Å². The fraction of sp³-hybridized carbons (Fsp3) is 0.625. The summed E-state index contributed by atoms with van der Waals surface area (Å²) in [5.41, 5.74) is 1.43. The number of hydrogen-bond acceptors (Lipinski definition) is 2. The lowest BCUT2D eigenvalue weighted by Gasteiger charge is -2.46. The lowest BCUT2D eigenvalue weighted by molar-refractivity contribution is 0.0355. The number of rotatable bonds is 2. The minimum atomic E-state index is 0.840. The molecule has 0 bridgehead atoms. The third-order valence-electron chi connectivity index (χ3n) is 4.73. The largest absolute Gasteiger partial charge is 0.303 e. The Morgan fingerprint density at radius 1 is 1.26 bits per heavy atom. The van der Waals surface area contributed by atoms with E-state index in [1.54, 1.807) is 0 Å². The maximum absolute atomic E-state index is 3.57. The highest BCUT2D eigenvalue weighted by atomic mass is 79.9. The summed E-state index contributed by atoms with van der Waals surface area (Å²) in [6.07, 6.45) is 4.14. The van der Waals surface area contributed by atoms with Gasteiger partial charge in [-0.2, -0.15) is 0 Å². The number of likely N-dealkylation sites (tertiary alicyclic amines) is 2. The van der Waals surface area contributed by atoms with Gasteiger partial charge in [-0.3, -0.25) is 4.90 Å². The minimum Gasteiger partial charge on any atom is -0.303 e. The Balaban J connectivity index is 1.62. The van der Waals surface area contributed by atoms with Gasteiger partial charge in [0.05, 0.1) is 0 Å². The maximum atomic E-state index is 3.57. The smallest absolute Gasteiger partial charge is 0.0234 e. The normalized spacial score (nSPS) is 29.2. The van der Waals surface area contributed by atoms with Gasteiger partial charge in [-0.05, 0) is 63.0 Å². The van der Waals surface area contributed by atoms with Crippen LogP contribution in [0, 0.1) is 5.92 Å². The molecule has 1 aromatic carbocycles. The van der Waals surface area contributed by atoms with Crippen LogP contribution in [0.2, 0.25) is 0 Å². The molecule has 0 aliphatic carbocycles. The number of nitrogens with zero attached hydrogens (tertiary/aromatic N) is 2. The molecule has 2 unspecified atom stereocenters. The second-order valence-corrected chi connectivity index (χ2v) is 7.02. The van der Waals surface area contributed by atoms with E-state index >= 15 is 0 Å². The van der Waals surface area contributed by atoms with Crippen LogP contribution in [-0.2, 0) is 6.54 Å². The molecule has 0 amide bonds. The fourth-order valence-corrected chi connectivity index (χ4v) is 4.21. The Morgan fingerprint density at radius 2 is 2.16 bits per heavy atom. The molecule has 2 saturated heterocycles. The topological polar surface area (TPSA) is 6.48 Å². The summed E-state index contributed by atoms with van der Waals surface area (Å²) in [6, 6.07) is 9.57. The lowest BCUT2D eigenvalue weighted by Crippen LogP contribution is -2.52. The molecule has 19 heavy (non-hydrogen) atoms. The summed E-state index contributed by atoms with van der Waals surface area (Å²) in [5, 5.41) is 0. The summed E-state index contributed by atoms with van der Waals surface area (Å²) in [5.74, 6) is 0.889. The van der Waals surface area contributed by atoms with Crippen molar-refractivity contribution in [2.45, 2.75) is 31.8 Å². The van der Waals surface area contributed by atoms with E-state index in [0.29, 0.717) is 0 Å². The van der Waals surface area contributed by atoms with Crippen LogP contribution in [0.5, 0.6) is 0 Å². The average Bonchev–Trinajstić information content (AvgIpc) is 2.39. The number of piperidine rings is 2. The Labute approximate surface area is 124 Å². The van der Waals surface area contributed by atoms with Crippen LogP contribution in [0.15, 0.2) is 28.7 Å². The SMILES string of the molecule is CN1CCCC2CN(Cc3cccc(Br)c3)CCC21. The molecule has 3 rings (SSSR count). The average molecular weight is 323 g/mol. The van der Waals surface area contributed by atoms with Crippen molar-refractivity contribution in [3.05, 3.63) is 34.3 Å². The van der Waals surface area contributed by atoms with Crippen LogP contribution in [0.4, 0.5) is 0 Å². The standard InChI is InChI=1S/C16H23BrN2/c1-18-8-3-5-14-12-19(9-7-16(14)18)11-13-4-2-6-15(17)10-13/h2,4,6,10,14,16H,3,5,7-9,11-12H2,1H3. The zero-order valence-electron chi connectivity index (χ0n) is 11.7. The van der Waals surface area contributed by atoms with Gasteiger partial charge in [0.1, 0.15) is 0 Å². The van der Waals surface area contributed by atoms with Crippen molar-refractivity contribution in [1.29, 1.82) is 0 Å². The van der Waals surface area contributed by atoms with E-state index in [0.717, 1.165) is 18.5 Å². The zero-order chi connectivity index (χ0) is 13.2. The second-order valence-electron chi connectivity index (χ2n) is 6.10. The predicted molar refractivity (Wildman–Crippen MR) is 83.2 cm³/mol. The fourth-order valence-electron chi connectivity index (χ4n) is 3.76. The first kappa shape index (κ1) is 13.6. The summed E-state index contributed by atoms with van der Waals surface area (Å²) >= 11 is 3.57. The van der Waals surface area contributed by atoms with Crippen molar-refractivity contribution in [2.24, 2.45) is 5.92 Å². The van der Waals surface area contributed by atoms with Gasteiger partial charge in [0.25, 0.3) is 0 Å². The molecule has 3 heteroatoms. The van der Waals surface area contributed by atoms with Crippen LogP contribution in [0.25, 0.3) is 0 Å². The highest BCUT2D eigenvalue weighted by Gasteiger charge is 2.33. The molecular formula is C16H23BrN2. The molecule has 0 saturated carbocycles. The monoisotopic (exact) mass is 322 g/mol. The van der Waals surface area contributed by atoms with Gasteiger partial charge >= 0.3 is 0 Å². The van der Waals surface area contributed by atoms with Crippen molar-refractivity contribution in [1.82, 2.24) is 9.80 Å². The van der Waals surface area contributed by atoms with Crippen molar-refractivity contribution >= 4 is 15.9 Å². The second kappa shape index (κ2) is 5.94. The van der Waals surface area contributed by atoms with Gasteiger partial charge < -0.3 is 4.90 Å². The third-order valence-corrected chi connectivity index (χ3v) is 5.22. The molecule has 0 spiro atoms. The molecule has 0 radical (unpaired) electrons. The first-order valence-electron chi connectivity index (χ1n) is 7.39. The van der Waals surface area contributed by atoms with E-state index < -0.39 is 0 Å². The first-order chi connectivity index (χ1) is 9.22. The zero-order valence-corrected chi connectivity index (χ0v) is 13.3. The summed E-state index contributed by atoms with van der Waals surface area (Å²) in [6.45, 7) is 4.93. The van der Waals surface area contributed by atoms with Crippen molar-refractivity contribution in [3.8, 4) is 0 Å². The van der Waals surface area contributed by atoms with E-state index in [1.807, 2.05) is 0 Å². The van der Waals surface area contributed by atoms with Gasteiger partial charge in [0, 0.05) is 23.6 Å². The van der Waals surface area contributed by atoms with E-state index in [1.165, 1.54) is 48.9 Å². The molecule has 2 atom stereocenters. The molecule has 2 nitrogen and oxygen atoms in total. The quantitative estimate of drug-likeness (QED) is 0.823. The van der Waals surface area contributed by atoms with E-state index in [2.05, 4.69) is 57.0 Å².